The van der Waals surface area contributed by atoms with Crippen LogP contribution >= 0.6 is 47.8 Å². The monoisotopic (exact) mass is 700 g/mol. The number of hydrogen-bond donors (Lipinski definition) is 0. The summed E-state index contributed by atoms with van der Waals surface area (Å²) in [7, 11) is 0. The third-order valence-corrected chi connectivity index (χ3v) is 7.64. The molecule has 0 bridgehead atoms. The Morgan fingerprint density at radius 2 is 0.706 bits per heavy atom. The first-order valence-electron chi connectivity index (χ1n) is 8.82. The summed E-state index contributed by atoms with van der Waals surface area (Å²) in [5.74, 6) is -31.4. The lowest BCUT2D eigenvalue weighted by molar-refractivity contribution is 0.167. The molecule has 0 heterocycles. The molecule has 3 aliphatic carbocycles. The summed E-state index contributed by atoms with van der Waals surface area (Å²) in [6, 6.07) is 0. The van der Waals surface area contributed by atoms with Gasteiger partial charge in [-0.1, -0.05) is 0 Å². The second-order valence-electron chi connectivity index (χ2n) is 7.41. The van der Waals surface area contributed by atoms with Crippen molar-refractivity contribution < 1.29 is 52.7 Å². The van der Waals surface area contributed by atoms with Gasteiger partial charge in [0.2, 0.25) is 0 Å². The molecule has 0 nitrogen and oxygen atoms in total. The van der Waals surface area contributed by atoms with E-state index in [-0.39, 0.29) is 18.2 Å². The molecule has 0 amide bonds. The summed E-state index contributed by atoms with van der Waals surface area (Å²) in [6.07, 6.45) is -0.284. The summed E-state index contributed by atoms with van der Waals surface area (Å²) in [6.45, 7) is 0. The van der Waals surface area contributed by atoms with Crippen LogP contribution in [0, 0.1) is 23.7 Å². The molecule has 0 fully saturated rings. The Morgan fingerprint density at radius 1 is 0.500 bits per heavy atom. The summed E-state index contributed by atoms with van der Waals surface area (Å²) in [5.41, 5.74) is 0. The Labute approximate surface area is 208 Å². The van der Waals surface area contributed by atoms with Gasteiger partial charge >= 0.3 is 0 Å². The average molecular weight is 703 g/mol. The maximum absolute atomic E-state index is 14.8. The van der Waals surface area contributed by atoms with Crippen molar-refractivity contribution in [1.29, 1.82) is 0 Å². The maximum Gasteiger partial charge on any atom is 0.269 e. The molecule has 0 aromatic carbocycles. The van der Waals surface area contributed by atoms with E-state index >= 15 is 0 Å². The normalized spacial score (nSPS) is 40.3. The van der Waals surface area contributed by atoms with E-state index < -0.39 is 89.8 Å². The number of alkyl halides is 6. The SMILES string of the molecule is FC1=CC(C(C2C=C(F)C(F)(Br)C(F)=C2F)C2C=C(F)C(F)(Br)C(F)=C2F)C(F)=C(F)C1(F)Br. The van der Waals surface area contributed by atoms with Gasteiger partial charge in [0.05, 0.1) is 0 Å². The highest BCUT2D eigenvalue weighted by atomic mass is 79.9. The van der Waals surface area contributed by atoms with E-state index in [9.17, 15) is 52.7 Å². The van der Waals surface area contributed by atoms with Crippen molar-refractivity contribution in [2.75, 3.05) is 0 Å². The molecule has 0 N–H and O–H groups in total. The number of hydrogen-bond acceptors (Lipinski definition) is 0. The van der Waals surface area contributed by atoms with Crippen molar-refractivity contribution in [3.05, 3.63) is 70.7 Å². The first-order chi connectivity index (χ1) is 15.4. The third-order valence-electron chi connectivity index (χ3n) is 5.46. The molecule has 0 aromatic heterocycles. The van der Waals surface area contributed by atoms with Gasteiger partial charge in [-0.2, -0.15) is 0 Å². The van der Waals surface area contributed by atoms with Crippen LogP contribution in [-0.4, -0.2) is 13.7 Å². The van der Waals surface area contributed by atoms with Crippen molar-refractivity contribution >= 4 is 47.8 Å². The predicted octanol–water partition coefficient (Wildman–Crippen LogP) is 9.69. The first kappa shape index (κ1) is 27.6. The summed E-state index contributed by atoms with van der Waals surface area (Å²) >= 11 is 5.70. The van der Waals surface area contributed by atoms with E-state index in [4.69, 9.17) is 0 Å². The molecule has 0 saturated carbocycles. The zero-order valence-electron chi connectivity index (χ0n) is 15.7. The van der Waals surface area contributed by atoms with Crippen LogP contribution in [0.25, 0.3) is 0 Å². The van der Waals surface area contributed by atoms with Gasteiger partial charge in [0.25, 0.3) is 13.7 Å². The Hall–Kier alpha value is -0.960. The van der Waals surface area contributed by atoms with Crippen LogP contribution in [0.4, 0.5) is 52.7 Å². The fraction of sp³-hybridized carbons (Fsp3) is 0.368. The van der Waals surface area contributed by atoms with Crippen molar-refractivity contribution in [1.82, 2.24) is 0 Å². The largest absolute Gasteiger partial charge is 0.269 e. The maximum atomic E-state index is 14.8. The first-order valence-corrected chi connectivity index (χ1v) is 11.2. The molecule has 6 unspecified atom stereocenters. The van der Waals surface area contributed by atoms with Gasteiger partial charge < -0.3 is 0 Å². The topological polar surface area (TPSA) is 0 Å². The molecule has 0 aromatic rings. The highest BCUT2D eigenvalue weighted by Gasteiger charge is 2.56. The number of allylic oxidation sites excluding steroid dienone is 12. The minimum Gasteiger partial charge on any atom is -0.215 e. The minimum atomic E-state index is -3.87. The van der Waals surface area contributed by atoms with Crippen molar-refractivity contribution in [2.45, 2.75) is 13.7 Å². The molecule has 15 heteroatoms. The van der Waals surface area contributed by atoms with E-state index in [1.54, 1.807) is 0 Å². The fourth-order valence-electron chi connectivity index (χ4n) is 3.72. The third kappa shape index (κ3) is 4.06. The van der Waals surface area contributed by atoms with Crippen LogP contribution in [0.1, 0.15) is 0 Å². The number of halogens is 15. The van der Waals surface area contributed by atoms with Gasteiger partial charge in [0.1, 0.15) is 17.5 Å². The molecular weight excluding hydrogens is 696 g/mol. The van der Waals surface area contributed by atoms with Gasteiger partial charge in [-0.05, 0) is 71.9 Å². The van der Waals surface area contributed by atoms with Gasteiger partial charge in [-0.25, -0.2) is 52.7 Å². The quantitative estimate of drug-likeness (QED) is 0.203. The van der Waals surface area contributed by atoms with Crippen LogP contribution in [0.2, 0.25) is 0 Å². The van der Waals surface area contributed by atoms with Crippen molar-refractivity contribution in [2.24, 2.45) is 23.7 Å². The smallest absolute Gasteiger partial charge is 0.215 e. The van der Waals surface area contributed by atoms with Crippen LogP contribution in [0.3, 0.4) is 0 Å². The molecule has 0 spiro atoms. The van der Waals surface area contributed by atoms with Gasteiger partial charge in [-0.15, -0.1) is 0 Å². The molecule has 0 radical (unpaired) electrons. The van der Waals surface area contributed by atoms with E-state index in [1.165, 1.54) is 0 Å². The standard InChI is InChI=1S/C19H7Br3F12/c20-17(32)7(23)1-4(11(26)14(17)29)10(5-2-8(24)18(21,33)15(30)12(5)27)6-3-9(25)19(22,34)16(31)13(6)28/h1-6,10H. The zero-order valence-corrected chi connectivity index (χ0v) is 20.5. The van der Waals surface area contributed by atoms with E-state index in [1.807, 2.05) is 47.8 Å². The second kappa shape index (κ2) is 8.86. The fourth-order valence-corrected chi connectivity index (χ4v) is 4.68. The Bertz CT molecular complexity index is 974. The second-order valence-corrected chi connectivity index (χ2v) is 10.7. The lowest BCUT2D eigenvalue weighted by Crippen LogP contribution is -2.38. The summed E-state index contributed by atoms with van der Waals surface area (Å²) < 4.78 is 160. The van der Waals surface area contributed by atoms with Crippen LogP contribution in [0.15, 0.2) is 70.7 Å². The van der Waals surface area contributed by atoms with Gasteiger partial charge in [0.15, 0.2) is 35.0 Å². The highest BCUT2D eigenvalue weighted by Crippen LogP contribution is 2.57. The van der Waals surface area contributed by atoms with Crippen molar-refractivity contribution in [3.63, 3.8) is 0 Å². The number of rotatable bonds is 3. The van der Waals surface area contributed by atoms with Gasteiger partial charge in [0, 0.05) is 17.8 Å². The summed E-state index contributed by atoms with van der Waals surface area (Å²) in [4.78, 5) is 0. The molecule has 3 rings (SSSR count). The van der Waals surface area contributed by atoms with Crippen LogP contribution in [0.5, 0.6) is 0 Å². The van der Waals surface area contributed by atoms with Crippen molar-refractivity contribution in [3.8, 4) is 0 Å². The average Bonchev–Trinajstić information content (AvgIpc) is 2.75. The lowest BCUT2D eigenvalue weighted by Gasteiger charge is -2.39. The molecule has 0 saturated heterocycles. The highest BCUT2D eigenvalue weighted by molar-refractivity contribution is 9.10. The zero-order chi connectivity index (χ0) is 26.1. The van der Waals surface area contributed by atoms with Gasteiger partial charge in [-0.3, -0.25) is 0 Å². The molecular formula is C19H7Br3F12. The van der Waals surface area contributed by atoms with Crippen LogP contribution in [-0.2, 0) is 0 Å². The molecule has 6 atom stereocenters. The predicted molar refractivity (Wildman–Crippen MR) is 108 cm³/mol. The Morgan fingerprint density at radius 3 is 0.912 bits per heavy atom. The Balaban J connectivity index is 2.31. The summed E-state index contributed by atoms with van der Waals surface area (Å²) in [5, 5.41) is 0. The lowest BCUT2D eigenvalue weighted by atomic mass is 9.68. The minimum absolute atomic E-state index is 0.0947. The Kier molecular flexibility index (Phi) is 7.20. The van der Waals surface area contributed by atoms with Crippen LogP contribution < -0.4 is 0 Å². The van der Waals surface area contributed by atoms with E-state index in [0.29, 0.717) is 0 Å². The van der Waals surface area contributed by atoms with E-state index in [2.05, 4.69) is 0 Å². The molecule has 34 heavy (non-hydrogen) atoms. The molecule has 188 valence electrons. The molecule has 3 aliphatic rings. The van der Waals surface area contributed by atoms with E-state index in [0.717, 1.165) is 0 Å². The molecule has 0 aliphatic heterocycles.